The molecule has 16 heavy (non-hydrogen) atoms. The largest absolute Gasteiger partial charge is 0.484 e. The number of aliphatic carboxylic acids is 1. The Morgan fingerprint density at radius 3 is 2.50 bits per heavy atom. The zero-order valence-corrected chi connectivity index (χ0v) is 9.03. The van der Waals surface area contributed by atoms with Crippen LogP contribution in [0.3, 0.4) is 0 Å². The first-order valence-electron chi connectivity index (χ1n) is 4.45. The Hall–Kier alpha value is -1.75. The van der Waals surface area contributed by atoms with Crippen LogP contribution < -0.4 is 10.1 Å². The fourth-order valence-corrected chi connectivity index (χ4v) is 1.03. The Labute approximate surface area is 97.0 Å². The third-order valence-electron chi connectivity index (χ3n) is 1.62. The molecule has 0 aliphatic carbocycles. The van der Waals surface area contributed by atoms with E-state index in [1.54, 1.807) is 24.3 Å². The Kier molecular flexibility index (Phi) is 4.60. The lowest BCUT2D eigenvalue weighted by molar-refractivity contribution is -0.138. The summed E-state index contributed by atoms with van der Waals surface area (Å²) in [5.41, 5.74) is 0. The monoisotopic (exact) mass is 243 g/mol. The molecule has 1 aromatic rings. The minimum Gasteiger partial charge on any atom is -0.484 e. The Bertz CT molecular complexity index is 377. The van der Waals surface area contributed by atoms with E-state index in [0.717, 1.165) is 0 Å². The second-order valence-electron chi connectivity index (χ2n) is 2.91. The molecule has 1 rings (SSSR count). The number of amides is 1. The van der Waals surface area contributed by atoms with E-state index in [4.69, 9.17) is 21.4 Å². The van der Waals surface area contributed by atoms with Crippen molar-refractivity contribution in [3.63, 3.8) is 0 Å². The van der Waals surface area contributed by atoms with E-state index in [1.807, 2.05) is 0 Å². The van der Waals surface area contributed by atoms with Gasteiger partial charge in [-0.25, -0.2) is 0 Å². The number of hydrogen-bond donors (Lipinski definition) is 2. The van der Waals surface area contributed by atoms with Crippen molar-refractivity contribution in [1.29, 1.82) is 0 Å². The van der Waals surface area contributed by atoms with Gasteiger partial charge in [0.15, 0.2) is 6.61 Å². The number of benzene rings is 1. The number of carboxylic acid groups (broad SMARTS) is 1. The maximum Gasteiger partial charge on any atom is 0.322 e. The van der Waals surface area contributed by atoms with Crippen molar-refractivity contribution in [2.45, 2.75) is 0 Å². The van der Waals surface area contributed by atoms with Gasteiger partial charge in [0.25, 0.3) is 5.91 Å². The number of carbonyl (C=O) groups is 2. The second-order valence-corrected chi connectivity index (χ2v) is 3.35. The van der Waals surface area contributed by atoms with Gasteiger partial charge >= 0.3 is 5.97 Å². The molecule has 0 bridgehead atoms. The fraction of sp³-hybridized carbons (Fsp3) is 0.200. The van der Waals surface area contributed by atoms with Gasteiger partial charge < -0.3 is 15.2 Å². The molecule has 0 heterocycles. The fourth-order valence-electron chi connectivity index (χ4n) is 0.905. The van der Waals surface area contributed by atoms with Crippen molar-refractivity contribution in [2.75, 3.05) is 13.2 Å². The molecular weight excluding hydrogens is 234 g/mol. The molecule has 0 aliphatic heterocycles. The van der Waals surface area contributed by atoms with Crippen LogP contribution in [-0.2, 0) is 9.59 Å². The van der Waals surface area contributed by atoms with Crippen LogP contribution in [0.5, 0.6) is 5.75 Å². The number of carbonyl (C=O) groups excluding carboxylic acids is 1. The van der Waals surface area contributed by atoms with Gasteiger partial charge in [0.2, 0.25) is 0 Å². The lowest BCUT2D eigenvalue weighted by Crippen LogP contribution is -2.33. The van der Waals surface area contributed by atoms with Crippen molar-refractivity contribution < 1.29 is 19.4 Å². The summed E-state index contributed by atoms with van der Waals surface area (Å²) >= 11 is 5.66. The predicted octanol–water partition coefficient (Wildman–Crippen LogP) is 0.920. The van der Waals surface area contributed by atoms with Crippen LogP contribution >= 0.6 is 11.6 Å². The summed E-state index contributed by atoms with van der Waals surface area (Å²) in [7, 11) is 0. The third kappa shape index (κ3) is 4.65. The molecule has 0 radical (unpaired) electrons. The molecule has 6 heteroatoms. The maximum atomic E-state index is 11.1. The Morgan fingerprint density at radius 2 is 1.94 bits per heavy atom. The first-order valence-corrected chi connectivity index (χ1v) is 4.82. The van der Waals surface area contributed by atoms with Crippen molar-refractivity contribution in [3.05, 3.63) is 29.3 Å². The van der Waals surface area contributed by atoms with Crippen molar-refractivity contribution in [2.24, 2.45) is 0 Å². The van der Waals surface area contributed by atoms with Gasteiger partial charge in [0, 0.05) is 5.02 Å². The molecule has 1 amide bonds. The first kappa shape index (κ1) is 12.3. The minimum absolute atomic E-state index is 0.227. The summed E-state index contributed by atoms with van der Waals surface area (Å²) in [4.78, 5) is 21.2. The highest BCUT2D eigenvalue weighted by molar-refractivity contribution is 6.30. The van der Waals surface area contributed by atoms with E-state index < -0.39 is 18.4 Å². The van der Waals surface area contributed by atoms with Gasteiger partial charge in [0.05, 0.1) is 0 Å². The summed E-state index contributed by atoms with van der Waals surface area (Å²) < 4.78 is 5.09. The van der Waals surface area contributed by atoms with Crippen LogP contribution in [-0.4, -0.2) is 30.1 Å². The first-order chi connectivity index (χ1) is 7.58. The highest BCUT2D eigenvalue weighted by Gasteiger charge is 2.04. The van der Waals surface area contributed by atoms with Crippen molar-refractivity contribution >= 4 is 23.5 Å². The average molecular weight is 244 g/mol. The summed E-state index contributed by atoms with van der Waals surface area (Å²) in [6.45, 7) is -0.641. The molecule has 2 N–H and O–H groups in total. The van der Waals surface area contributed by atoms with Crippen LogP contribution in [0.15, 0.2) is 24.3 Å². The molecule has 0 spiro atoms. The van der Waals surface area contributed by atoms with E-state index in [2.05, 4.69) is 5.32 Å². The van der Waals surface area contributed by atoms with Gasteiger partial charge in [-0.05, 0) is 24.3 Å². The van der Waals surface area contributed by atoms with Crippen molar-refractivity contribution in [3.8, 4) is 5.75 Å². The summed E-state index contributed by atoms with van der Waals surface area (Å²) in [5, 5.41) is 11.1. The number of carboxylic acids is 1. The molecule has 1 aromatic carbocycles. The van der Waals surface area contributed by atoms with Crippen molar-refractivity contribution in [1.82, 2.24) is 5.32 Å². The van der Waals surface area contributed by atoms with Gasteiger partial charge in [-0.15, -0.1) is 0 Å². The molecule has 0 fully saturated rings. The average Bonchev–Trinajstić information content (AvgIpc) is 2.25. The zero-order chi connectivity index (χ0) is 12.0. The number of ether oxygens (including phenoxy) is 1. The number of hydrogen-bond acceptors (Lipinski definition) is 3. The van der Waals surface area contributed by atoms with Crippen LogP contribution in [0, 0.1) is 0 Å². The predicted molar refractivity (Wildman–Crippen MR) is 57.6 cm³/mol. The molecule has 0 unspecified atom stereocenters. The number of rotatable bonds is 5. The van der Waals surface area contributed by atoms with Gasteiger partial charge in [-0.3, -0.25) is 9.59 Å². The highest BCUT2D eigenvalue weighted by Crippen LogP contribution is 2.15. The SMILES string of the molecule is O=C(O)CNC(=O)COc1ccc(Cl)cc1. The molecule has 86 valence electrons. The van der Waals surface area contributed by atoms with Crippen LogP contribution in [0.25, 0.3) is 0 Å². The molecule has 0 aliphatic rings. The highest BCUT2D eigenvalue weighted by atomic mass is 35.5. The third-order valence-corrected chi connectivity index (χ3v) is 1.87. The number of nitrogens with one attached hydrogen (secondary N) is 1. The van der Waals surface area contributed by atoms with Gasteiger partial charge in [-0.1, -0.05) is 11.6 Å². The maximum absolute atomic E-state index is 11.1. The van der Waals surface area contributed by atoms with Crippen LogP contribution in [0.4, 0.5) is 0 Å². The summed E-state index contributed by atoms with van der Waals surface area (Å²) in [6.07, 6.45) is 0. The second kappa shape index (κ2) is 5.97. The standard InChI is InChI=1S/C10H10ClNO4/c11-7-1-3-8(4-2-7)16-6-9(13)12-5-10(14)15/h1-4H,5-6H2,(H,12,13)(H,14,15). The molecular formula is C10H10ClNO4. The Balaban J connectivity index is 2.31. The van der Waals surface area contributed by atoms with E-state index >= 15 is 0 Å². The van der Waals surface area contributed by atoms with E-state index in [0.29, 0.717) is 10.8 Å². The van der Waals surface area contributed by atoms with Crippen LogP contribution in [0.2, 0.25) is 5.02 Å². The quantitative estimate of drug-likeness (QED) is 0.806. The lowest BCUT2D eigenvalue weighted by atomic mass is 10.3. The minimum atomic E-state index is -1.10. The van der Waals surface area contributed by atoms with Gasteiger partial charge in [0.1, 0.15) is 12.3 Å². The molecule has 0 saturated heterocycles. The van der Waals surface area contributed by atoms with E-state index in [-0.39, 0.29) is 6.61 Å². The summed E-state index contributed by atoms with van der Waals surface area (Å²) in [6, 6.07) is 6.50. The lowest BCUT2D eigenvalue weighted by Gasteiger charge is -2.05. The molecule has 0 aromatic heterocycles. The normalized spacial score (nSPS) is 9.56. The van der Waals surface area contributed by atoms with Crippen LogP contribution in [0.1, 0.15) is 0 Å². The van der Waals surface area contributed by atoms with E-state index in [9.17, 15) is 9.59 Å². The molecule has 5 nitrogen and oxygen atoms in total. The molecule has 0 atom stereocenters. The zero-order valence-electron chi connectivity index (χ0n) is 8.27. The number of halogens is 1. The molecule has 0 saturated carbocycles. The van der Waals surface area contributed by atoms with E-state index in [1.165, 1.54) is 0 Å². The summed E-state index contributed by atoms with van der Waals surface area (Å²) in [5.74, 6) is -1.09. The Morgan fingerprint density at radius 1 is 1.31 bits per heavy atom. The topological polar surface area (TPSA) is 75.6 Å². The smallest absolute Gasteiger partial charge is 0.322 e. The van der Waals surface area contributed by atoms with Gasteiger partial charge in [-0.2, -0.15) is 0 Å².